The topological polar surface area (TPSA) is 83.1 Å². The van der Waals surface area contributed by atoms with E-state index in [2.05, 4.69) is 5.32 Å². The highest BCUT2D eigenvalue weighted by atomic mass is 28.4. The number of hydrogen-bond donors (Lipinski definition) is 1. The van der Waals surface area contributed by atoms with Gasteiger partial charge in [0, 0.05) is 44.9 Å². The molecule has 1 aromatic carbocycles. The minimum absolute atomic E-state index is 0.184. The number of benzene rings is 1. The fourth-order valence-electron chi connectivity index (χ4n) is 2.45. The van der Waals surface area contributed by atoms with Crippen LogP contribution in [0.3, 0.4) is 0 Å². The Morgan fingerprint density at radius 2 is 1.50 bits per heavy atom. The van der Waals surface area contributed by atoms with Crippen LogP contribution >= 0.6 is 0 Å². The normalized spacial score (nSPS) is 11.2. The monoisotopic (exact) mass is 383 g/mol. The average molecular weight is 384 g/mol. The first-order chi connectivity index (χ1) is 12.5. The van der Waals surface area contributed by atoms with Crippen molar-refractivity contribution < 1.29 is 27.6 Å². The number of esters is 1. The SMILES string of the molecule is CCO[Si](CCCNC(=O)c1ccc(OC(C)=O)cc1)(OCC)OCC. The van der Waals surface area contributed by atoms with E-state index in [9.17, 15) is 9.59 Å². The molecule has 0 radical (unpaired) electrons. The second-order valence-electron chi connectivity index (χ2n) is 5.46. The van der Waals surface area contributed by atoms with Gasteiger partial charge in [-0.15, -0.1) is 0 Å². The zero-order valence-corrected chi connectivity index (χ0v) is 17.0. The van der Waals surface area contributed by atoms with Gasteiger partial charge in [0.15, 0.2) is 0 Å². The molecule has 0 bridgehead atoms. The van der Waals surface area contributed by atoms with Crippen molar-refractivity contribution in [2.75, 3.05) is 26.4 Å². The number of rotatable bonds is 12. The van der Waals surface area contributed by atoms with Crippen LogP contribution in [-0.4, -0.2) is 47.0 Å². The van der Waals surface area contributed by atoms with E-state index in [-0.39, 0.29) is 5.91 Å². The van der Waals surface area contributed by atoms with E-state index in [1.807, 2.05) is 20.8 Å². The quantitative estimate of drug-likeness (QED) is 0.259. The Morgan fingerprint density at radius 3 is 1.96 bits per heavy atom. The fourth-order valence-corrected chi connectivity index (χ4v) is 5.06. The molecule has 146 valence electrons. The Morgan fingerprint density at radius 1 is 0.962 bits per heavy atom. The van der Waals surface area contributed by atoms with Crippen molar-refractivity contribution in [1.29, 1.82) is 0 Å². The molecule has 0 aliphatic carbocycles. The molecular weight excluding hydrogens is 354 g/mol. The van der Waals surface area contributed by atoms with Gasteiger partial charge in [-0.25, -0.2) is 0 Å². The Hall–Kier alpha value is -1.74. The van der Waals surface area contributed by atoms with Gasteiger partial charge in [0.1, 0.15) is 5.75 Å². The summed E-state index contributed by atoms with van der Waals surface area (Å²) in [5, 5.41) is 2.87. The highest BCUT2D eigenvalue weighted by Crippen LogP contribution is 2.18. The first-order valence-corrected chi connectivity index (χ1v) is 10.9. The summed E-state index contributed by atoms with van der Waals surface area (Å²) in [4.78, 5) is 23.1. The lowest BCUT2D eigenvalue weighted by molar-refractivity contribution is -0.131. The van der Waals surface area contributed by atoms with E-state index in [4.69, 9.17) is 18.0 Å². The number of ether oxygens (including phenoxy) is 1. The third kappa shape index (κ3) is 7.65. The van der Waals surface area contributed by atoms with Crippen molar-refractivity contribution in [3.8, 4) is 5.75 Å². The molecule has 0 aliphatic heterocycles. The summed E-state index contributed by atoms with van der Waals surface area (Å²) in [6, 6.07) is 7.07. The van der Waals surface area contributed by atoms with Crippen LogP contribution < -0.4 is 10.1 Å². The average Bonchev–Trinajstić information content (AvgIpc) is 2.59. The predicted octanol–water partition coefficient (Wildman–Crippen LogP) is 2.78. The predicted molar refractivity (Wildman–Crippen MR) is 100 cm³/mol. The molecule has 0 aliphatic rings. The van der Waals surface area contributed by atoms with Crippen molar-refractivity contribution in [2.24, 2.45) is 0 Å². The van der Waals surface area contributed by atoms with Gasteiger partial charge in [-0.3, -0.25) is 9.59 Å². The Kier molecular flexibility index (Phi) is 10.1. The van der Waals surface area contributed by atoms with E-state index in [0.717, 1.165) is 0 Å². The highest BCUT2D eigenvalue weighted by Gasteiger charge is 2.39. The highest BCUT2D eigenvalue weighted by molar-refractivity contribution is 6.60. The molecular formula is C18H29NO6Si. The molecule has 0 heterocycles. The summed E-state index contributed by atoms with van der Waals surface area (Å²) in [6.07, 6.45) is 0.698. The van der Waals surface area contributed by atoms with Gasteiger partial charge in [0.05, 0.1) is 0 Å². The minimum atomic E-state index is -2.67. The van der Waals surface area contributed by atoms with Crippen molar-refractivity contribution in [3.05, 3.63) is 29.8 Å². The van der Waals surface area contributed by atoms with Crippen LogP contribution in [0.25, 0.3) is 0 Å². The summed E-state index contributed by atoms with van der Waals surface area (Å²) in [7, 11) is -2.67. The molecule has 8 heteroatoms. The summed E-state index contributed by atoms with van der Waals surface area (Å²) in [5.41, 5.74) is 0.504. The molecule has 1 N–H and O–H groups in total. The van der Waals surface area contributed by atoms with Crippen LogP contribution in [0.2, 0.25) is 6.04 Å². The number of carbonyl (C=O) groups excluding carboxylic acids is 2. The van der Waals surface area contributed by atoms with E-state index in [0.29, 0.717) is 50.1 Å². The van der Waals surface area contributed by atoms with Crippen molar-refractivity contribution in [3.63, 3.8) is 0 Å². The molecule has 1 amide bonds. The Bertz CT molecular complexity index is 546. The van der Waals surface area contributed by atoms with E-state index < -0.39 is 14.8 Å². The van der Waals surface area contributed by atoms with Crippen LogP contribution in [0.4, 0.5) is 0 Å². The third-order valence-corrected chi connectivity index (χ3v) is 6.57. The minimum Gasteiger partial charge on any atom is -0.427 e. The molecule has 0 saturated carbocycles. The summed E-state index contributed by atoms with van der Waals surface area (Å²) >= 11 is 0. The van der Waals surface area contributed by atoms with Gasteiger partial charge in [-0.05, 0) is 51.5 Å². The molecule has 1 aromatic rings. The molecule has 7 nitrogen and oxygen atoms in total. The van der Waals surface area contributed by atoms with Crippen molar-refractivity contribution >= 4 is 20.7 Å². The second-order valence-corrected chi connectivity index (χ2v) is 8.19. The fraction of sp³-hybridized carbons (Fsp3) is 0.556. The first-order valence-electron chi connectivity index (χ1n) is 8.94. The Balaban J connectivity index is 2.49. The van der Waals surface area contributed by atoms with Gasteiger partial charge in [0.25, 0.3) is 5.91 Å². The van der Waals surface area contributed by atoms with Gasteiger partial charge in [-0.2, -0.15) is 0 Å². The molecule has 0 aromatic heterocycles. The lowest BCUT2D eigenvalue weighted by atomic mass is 10.2. The zero-order chi connectivity index (χ0) is 19.4. The van der Waals surface area contributed by atoms with Crippen LogP contribution in [0.5, 0.6) is 5.75 Å². The summed E-state index contributed by atoms with van der Waals surface area (Å²) in [6.45, 7) is 9.18. The van der Waals surface area contributed by atoms with Gasteiger partial charge in [-0.1, -0.05) is 0 Å². The van der Waals surface area contributed by atoms with Gasteiger partial charge in [0.2, 0.25) is 0 Å². The van der Waals surface area contributed by atoms with E-state index in [1.165, 1.54) is 6.92 Å². The number of amides is 1. The van der Waals surface area contributed by atoms with Crippen LogP contribution in [-0.2, 0) is 18.1 Å². The van der Waals surface area contributed by atoms with Crippen LogP contribution in [0, 0.1) is 0 Å². The summed E-state index contributed by atoms with van der Waals surface area (Å²) in [5.74, 6) is -0.168. The molecule has 0 atom stereocenters. The second kappa shape index (κ2) is 11.8. The molecule has 0 unspecified atom stereocenters. The number of carbonyl (C=O) groups is 2. The van der Waals surface area contributed by atoms with E-state index in [1.54, 1.807) is 24.3 Å². The standard InChI is InChI=1S/C18H29NO6Si/c1-5-22-26(23-6-2,24-7-3)14-8-13-19-18(21)16-9-11-17(12-10-16)25-15(4)20/h9-12H,5-8,13-14H2,1-4H3,(H,19,21). The maximum Gasteiger partial charge on any atom is 0.500 e. The molecule has 1 rings (SSSR count). The lowest BCUT2D eigenvalue weighted by Gasteiger charge is -2.28. The summed E-state index contributed by atoms with van der Waals surface area (Å²) < 4.78 is 22.3. The molecule has 0 saturated heterocycles. The van der Waals surface area contributed by atoms with Crippen LogP contribution in [0.1, 0.15) is 44.5 Å². The first kappa shape index (κ1) is 22.3. The third-order valence-electron chi connectivity index (χ3n) is 3.42. The van der Waals surface area contributed by atoms with Crippen LogP contribution in [0.15, 0.2) is 24.3 Å². The largest absolute Gasteiger partial charge is 0.500 e. The molecule has 26 heavy (non-hydrogen) atoms. The number of nitrogens with one attached hydrogen (secondary N) is 1. The van der Waals surface area contributed by atoms with Crippen molar-refractivity contribution in [1.82, 2.24) is 5.32 Å². The smallest absolute Gasteiger partial charge is 0.427 e. The lowest BCUT2D eigenvalue weighted by Crippen LogP contribution is -2.46. The van der Waals surface area contributed by atoms with Crippen molar-refractivity contribution in [2.45, 2.75) is 40.2 Å². The molecule has 0 fully saturated rings. The van der Waals surface area contributed by atoms with Gasteiger partial charge < -0.3 is 23.3 Å². The molecule has 0 spiro atoms. The Labute approximate surface area is 156 Å². The maximum absolute atomic E-state index is 12.2. The zero-order valence-electron chi connectivity index (χ0n) is 16.0. The van der Waals surface area contributed by atoms with E-state index >= 15 is 0 Å². The maximum atomic E-state index is 12.2. The van der Waals surface area contributed by atoms with Gasteiger partial charge >= 0.3 is 14.8 Å². The number of hydrogen-bond acceptors (Lipinski definition) is 6.